The van der Waals surface area contributed by atoms with Crippen LogP contribution in [0.1, 0.15) is 34.5 Å². The monoisotopic (exact) mass is 302 g/mol. The summed E-state index contributed by atoms with van der Waals surface area (Å²) >= 11 is 0. The first-order valence-electron chi connectivity index (χ1n) is 6.70. The van der Waals surface area contributed by atoms with E-state index >= 15 is 0 Å². The quantitative estimate of drug-likeness (QED) is 0.802. The van der Waals surface area contributed by atoms with Crippen LogP contribution in [0.25, 0.3) is 0 Å². The van der Waals surface area contributed by atoms with Gasteiger partial charge in [0.15, 0.2) is 6.29 Å². The molecule has 0 unspecified atom stereocenters. The molecule has 0 saturated carbocycles. The molecule has 1 fully saturated rings. The van der Waals surface area contributed by atoms with Crippen molar-refractivity contribution < 1.29 is 22.7 Å². The van der Waals surface area contributed by atoms with E-state index < -0.39 is 17.4 Å². The van der Waals surface area contributed by atoms with Crippen LogP contribution in [0.5, 0.6) is 0 Å². The molecule has 1 saturated heterocycles. The molecule has 1 aliphatic rings. The van der Waals surface area contributed by atoms with Gasteiger partial charge in [-0.25, -0.2) is 0 Å². The summed E-state index contributed by atoms with van der Waals surface area (Å²) in [6.07, 6.45) is -1.15. The Balaban J connectivity index is 2.09. The zero-order valence-electron chi connectivity index (χ0n) is 11.7. The van der Waals surface area contributed by atoms with Gasteiger partial charge in [-0.15, -0.1) is 0 Å². The molecule has 116 valence electrons. The van der Waals surface area contributed by atoms with Crippen LogP contribution in [0.4, 0.5) is 13.2 Å². The number of alkyl halides is 3. The van der Waals surface area contributed by atoms with Crippen LogP contribution in [0.2, 0.25) is 0 Å². The number of rotatable bonds is 4. The van der Waals surface area contributed by atoms with E-state index in [2.05, 4.69) is 9.88 Å². The molecule has 4 nitrogen and oxygen atoms in total. The van der Waals surface area contributed by atoms with Gasteiger partial charge in [0.25, 0.3) is 0 Å². The normalized spacial score (nSPS) is 17.9. The molecule has 2 rings (SSSR count). The highest BCUT2D eigenvalue weighted by atomic mass is 19.4. The standard InChI is InChI=1S/C14H17F3N2O2/c1-21-11-2-4-19(5-3-11)8-10-6-12(14(15,16)17)13(9-20)18-7-10/h6-7,9,11H,2-5,8H2,1H3. The van der Waals surface area contributed by atoms with Crippen molar-refractivity contribution in [3.63, 3.8) is 0 Å². The largest absolute Gasteiger partial charge is 0.418 e. The summed E-state index contributed by atoms with van der Waals surface area (Å²) in [5.41, 5.74) is -1.07. The Bertz CT molecular complexity index is 497. The van der Waals surface area contributed by atoms with Crippen molar-refractivity contribution in [2.45, 2.75) is 31.7 Å². The maximum atomic E-state index is 12.9. The second-order valence-corrected chi connectivity index (χ2v) is 5.10. The predicted molar refractivity (Wildman–Crippen MR) is 69.9 cm³/mol. The van der Waals surface area contributed by atoms with Gasteiger partial charge in [0.05, 0.1) is 11.7 Å². The first-order valence-corrected chi connectivity index (χ1v) is 6.70. The molecule has 1 aliphatic heterocycles. The molecule has 0 atom stereocenters. The van der Waals surface area contributed by atoms with E-state index in [1.807, 2.05) is 0 Å². The molecule has 1 aromatic heterocycles. The van der Waals surface area contributed by atoms with E-state index in [0.717, 1.165) is 32.0 Å². The number of halogens is 3. The number of nitrogens with zero attached hydrogens (tertiary/aromatic N) is 2. The number of aromatic nitrogens is 1. The number of piperidine rings is 1. The summed E-state index contributed by atoms with van der Waals surface area (Å²) in [7, 11) is 1.66. The van der Waals surface area contributed by atoms with Crippen LogP contribution in [0.15, 0.2) is 12.3 Å². The summed E-state index contributed by atoms with van der Waals surface area (Å²) in [5, 5.41) is 0. The van der Waals surface area contributed by atoms with E-state index in [-0.39, 0.29) is 12.4 Å². The summed E-state index contributed by atoms with van der Waals surface area (Å²) in [4.78, 5) is 16.3. The van der Waals surface area contributed by atoms with Crippen LogP contribution in [-0.4, -0.2) is 42.5 Å². The zero-order chi connectivity index (χ0) is 15.5. The van der Waals surface area contributed by atoms with E-state index in [9.17, 15) is 18.0 Å². The highest BCUT2D eigenvalue weighted by Crippen LogP contribution is 2.31. The average molecular weight is 302 g/mol. The van der Waals surface area contributed by atoms with Gasteiger partial charge >= 0.3 is 6.18 Å². The minimum Gasteiger partial charge on any atom is -0.381 e. The minimum absolute atomic E-state index is 0.136. The molecular formula is C14H17F3N2O2. The Hall–Kier alpha value is -1.47. The molecule has 0 aliphatic carbocycles. The molecule has 0 bridgehead atoms. The molecule has 0 aromatic carbocycles. The Morgan fingerprint density at radius 2 is 2.10 bits per heavy atom. The lowest BCUT2D eigenvalue weighted by molar-refractivity contribution is -0.138. The molecule has 7 heteroatoms. The summed E-state index contributed by atoms with van der Waals surface area (Å²) in [5.74, 6) is 0. The van der Waals surface area contributed by atoms with Gasteiger partial charge in [-0.3, -0.25) is 14.7 Å². The molecule has 0 radical (unpaired) electrons. The number of methoxy groups -OCH3 is 1. The fourth-order valence-electron chi connectivity index (χ4n) is 2.49. The van der Waals surface area contributed by atoms with E-state index in [0.29, 0.717) is 12.1 Å². The minimum atomic E-state index is -4.57. The van der Waals surface area contributed by atoms with Crippen molar-refractivity contribution in [3.8, 4) is 0 Å². The van der Waals surface area contributed by atoms with Crippen molar-refractivity contribution >= 4 is 6.29 Å². The zero-order valence-corrected chi connectivity index (χ0v) is 11.7. The van der Waals surface area contributed by atoms with Crippen LogP contribution in [0.3, 0.4) is 0 Å². The number of likely N-dealkylation sites (tertiary alicyclic amines) is 1. The highest BCUT2D eigenvalue weighted by Gasteiger charge is 2.34. The molecule has 2 heterocycles. The lowest BCUT2D eigenvalue weighted by Crippen LogP contribution is -2.36. The fourth-order valence-corrected chi connectivity index (χ4v) is 2.49. The van der Waals surface area contributed by atoms with Gasteiger partial charge in [0.1, 0.15) is 5.69 Å². The third-order valence-corrected chi connectivity index (χ3v) is 3.67. The highest BCUT2D eigenvalue weighted by molar-refractivity contribution is 5.74. The number of pyridine rings is 1. The van der Waals surface area contributed by atoms with Crippen LogP contribution < -0.4 is 0 Å². The maximum Gasteiger partial charge on any atom is 0.418 e. The molecule has 1 aromatic rings. The lowest BCUT2D eigenvalue weighted by Gasteiger charge is -2.31. The van der Waals surface area contributed by atoms with Crippen molar-refractivity contribution in [2.75, 3.05) is 20.2 Å². The number of carbonyl (C=O) groups excluding carboxylic acids is 1. The second-order valence-electron chi connectivity index (χ2n) is 5.10. The van der Waals surface area contributed by atoms with Gasteiger partial charge in [-0.2, -0.15) is 13.2 Å². The summed E-state index contributed by atoms with van der Waals surface area (Å²) in [6, 6.07) is 1.01. The predicted octanol–water partition coefficient (Wildman–Crippen LogP) is 2.52. The van der Waals surface area contributed by atoms with Gasteiger partial charge in [-0.05, 0) is 24.5 Å². The lowest BCUT2D eigenvalue weighted by atomic mass is 10.1. The number of ether oxygens (including phenoxy) is 1. The van der Waals surface area contributed by atoms with Gasteiger partial charge in [-0.1, -0.05) is 0 Å². The second kappa shape index (κ2) is 6.53. The van der Waals surface area contributed by atoms with E-state index in [4.69, 9.17) is 4.74 Å². The first kappa shape index (κ1) is 15.9. The topological polar surface area (TPSA) is 42.4 Å². The first-order chi connectivity index (χ1) is 9.94. The number of carbonyl (C=O) groups is 1. The van der Waals surface area contributed by atoms with Crippen LogP contribution in [0, 0.1) is 0 Å². The smallest absolute Gasteiger partial charge is 0.381 e. The van der Waals surface area contributed by atoms with Gasteiger partial charge < -0.3 is 4.74 Å². The van der Waals surface area contributed by atoms with E-state index in [1.54, 1.807) is 7.11 Å². The van der Waals surface area contributed by atoms with Crippen LogP contribution in [-0.2, 0) is 17.5 Å². The fraction of sp³-hybridized carbons (Fsp3) is 0.571. The van der Waals surface area contributed by atoms with Crippen molar-refractivity contribution in [3.05, 3.63) is 29.1 Å². The Kier molecular flexibility index (Phi) is 4.95. The molecule has 21 heavy (non-hydrogen) atoms. The number of hydrogen-bond acceptors (Lipinski definition) is 4. The Morgan fingerprint density at radius 3 is 2.62 bits per heavy atom. The molecule has 0 spiro atoms. The van der Waals surface area contributed by atoms with Crippen LogP contribution >= 0.6 is 0 Å². The molecule has 0 amide bonds. The SMILES string of the molecule is COC1CCN(Cc2cnc(C=O)c(C(F)(F)F)c2)CC1. The third kappa shape index (κ3) is 4.01. The van der Waals surface area contributed by atoms with E-state index in [1.165, 1.54) is 6.20 Å². The maximum absolute atomic E-state index is 12.9. The van der Waals surface area contributed by atoms with Crippen molar-refractivity contribution in [1.29, 1.82) is 0 Å². The number of hydrogen-bond donors (Lipinski definition) is 0. The van der Waals surface area contributed by atoms with Gasteiger partial charge in [0, 0.05) is 32.9 Å². The molecular weight excluding hydrogens is 285 g/mol. The van der Waals surface area contributed by atoms with Gasteiger partial charge in [0.2, 0.25) is 0 Å². The third-order valence-electron chi connectivity index (χ3n) is 3.67. The Morgan fingerprint density at radius 1 is 1.43 bits per heavy atom. The van der Waals surface area contributed by atoms with Crippen molar-refractivity contribution in [2.24, 2.45) is 0 Å². The molecule has 0 N–H and O–H groups in total. The van der Waals surface area contributed by atoms with Crippen molar-refractivity contribution in [1.82, 2.24) is 9.88 Å². The number of aldehydes is 1. The average Bonchev–Trinajstić information content (AvgIpc) is 2.47. The summed E-state index contributed by atoms with van der Waals surface area (Å²) in [6.45, 7) is 1.94. The Labute approximate surface area is 120 Å². The summed E-state index contributed by atoms with van der Waals surface area (Å²) < 4.78 is 43.8.